The minimum atomic E-state index is -1.93. The van der Waals surface area contributed by atoms with E-state index in [1.807, 2.05) is 0 Å². The Hall–Kier alpha value is -3.77. The molecule has 180 valence electrons. The van der Waals surface area contributed by atoms with Crippen LogP contribution in [0.1, 0.15) is 27.9 Å². The van der Waals surface area contributed by atoms with Crippen LogP contribution in [-0.4, -0.2) is 53.8 Å². The van der Waals surface area contributed by atoms with E-state index in [0.29, 0.717) is 17.0 Å². The molecule has 0 radical (unpaired) electrons. The molecule has 35 heavy (non-hydrogen) atoms. The first kappa shape index (κ1) is 23.0. The summed E-state index contributed by atoms with van der Waals surface area (Å²) in [5.74, 6) is -1.62. The van der Waals surface area contributed by atoms with E-state index in [2.05, 4.69) is 20.1 Å². The van der Waals surface area contributed by atoms with Crippen molar-refractivity contribution in [2.45, 2.75) is 31.7 Å². The number of carbonyl (C=O) groups excluding carboxylic acids is 1. The van der Waals surface area contributed by atoms with Crippen LogP contribution < -0.4 is 4.74 Å². The van der Waals surface area contributed by atoms with E-state index in [0.717, 1.165) is 16.5 Å². The first-order valence-corrected chi connectivity index (χ1v) is 11.4. The molecule has 1 N–H and O–H groups in total. The number of amides is 1. The zero-order valence-electron chi connectivity index (χ0n) is 18.7. The Labute approximate surface area is 202 Å². The number of pyridine rings is 1. The highest BCUT2D eigenvalue weighted by Gasteiger charge is 2.46. The molecule has 1 aromatic carbocycles. The zero-order chi connectivity index (χ0) is 24.7. The zero-order valence-corrected chi connectivity index (χ0v) is 19.5. The van der Waals surface area contributed by atoms with Gasteiger partial charge in [-0.05, 0) is 19.1 Å². The van der Waals surface area contributed by atoms with E-state index in [-0.39, 0.29) is 24.3 Å². The average Bonchev–Trinajstić information content (AvgIpc) is 3.57. The highest BCUT2D eigenvalue weighted by atomic mass is 32.1. The number of ether oxygens (including phenoxy) is 1. The maximum absolute atomic E-state index is 14.8. The molecule has 12 heteroatoms. The van der Waals surface area contributed by atoms with Crippen LogP contribution in [-0.2, 0) is 18.7 Å². The van der Waals surface area contributed by atoms with Gasteiger partial charge in [-0.25, -0.2) is 28.4 Å². The molecular formula is C23H20F2N6O3S. The number of hydrogen-bond acceptors (Lipinski definition) is 8. The van der Waals surface area contributed by atoms with Gasteiger partial charge < -0.3 is 14.7 Å². The summed E-state index contributed by atoms with van der Waals surface area (Å²) in [6, 6.07) is 5.55. The van der Waals surface area contributed by atoms with E-state index in [9.17, 15) is 18.7 Å². The Kier molecular flexibility index (Phi) is 5.77. The number of halogens is 2. The molecule has 1 amide bonds. The van der Waals surface area contributed by atoms with Crippen LogP contribution in [0, 0.1) is 11.6 Å². The van der Waals surface area contributed by atoms with Crippen molar-refractivity contribution in [1.29, 1.82) is 0 Å². The third-order valence-electron chi connectivity index (χ3n) is 6.09. The lowest BCUT2D eigenvalue weighted by Crippen LogP contribution is -2.52. The lowest BCUT2D eigenvalue weighted by atomic mass is 9.85. The number of nitrogens with zero attached hydrogens (tertiary/aromatic N) is 6. The summed E-state index contributed by atoms with van der Waals surface area (Å²) in [6.07, 6.45) is 4.27. The van der Waals surface area contributed by atoms with Crippen molar-refractivity contribution in [3.63, 3.8) is 0 Å². The van der Waals surface area contributed by atoms with E-state index >= 15 is 0 Å². The monoisotopic (exact) mass is 498 g/mol. The van der Waals surface area contributed by atoms with E-state index in [1.54, 1.807) is 25.3 Å². The molecule has 0 aliphatic carbocycles. The molecule has 2 atom stereocenters. The molecule has 0 saturated carbocycles. The fourth-order valence-electron chi connectivity index (χ4n) is 4.15. The fourth-order valence-corrected chi connectivity index (χ4v) is 5.20. The highest BCUT2D eigenvalue weighted by molar-refractivity contribution is 7.15. The van der Waals surface area contributed by atoms with Gasteiger partial charge in [-0.2, -0.15) is 5.10 Å². The number of hydrogen-bond donors (Lipinski definition) is 1. The molecule has 5 rings (SSSR count). The molecule has 4 heterocycles. The van der Waals surface area contributed by atoms with Crippen molar-refractivity contribution in [2.75, 3.05) is 7.11 Å². The minimum Gasteiger partial charge on any atom is -0.481 e. The van der Waals surface area contributed by atoms with Gasteiger partial charge >= 0.3 is 0 Å². The standard InChI is InChI=1S/C23H20F2N6O3S/c1-13(23(33,10-30-12-26-11-28-30)16-5-4-15(24)7-17(16)25)31-9-18-20(22(31)32)29-21(35-18)14-3-6-19(34-2)27-8-14/h3-8,11-13,33H,9-10H2,1-2H3/t13-,23-/m1/s1. The Morgan fingerprint density at radius 2 is 2.11 bits per heavy atom. The number of aromatic nitrogens is 5. The molecule has 0 saturated heterocycles. The molecule has 0 spiro atoms. The van der Waals surface area contributed by atoms with Gasteiger partial charge in [0, 0.05) is 29.5 Å². The molecule has 1 aliphatic heterocycles. The van der Waals surface area contributed by atoms with Gasteiger partial charge in [0.25, 0.3) is 5.91 Å². The van der Waals surface area contributed by atoms with Crippen LogP contribution >= 0.6 is 11.3 Å². The van der Waals surface area contributed by atoms with Crippen LogP contribution in [0.2, 0.25) is 0 Å². The second kappa shape index (κ2) is 8.78. The molecule has 0 fully saturated rings. The average molecular weight is 499 g/mol. The highest BCUT2D eigenvalue weighted by Crippen LogP contribution is 2.39. The Morgan fingerprint density at radius 1 is 1.29 bits per heavy atom. The molecule has 1 aliphatic rings. The Bertz CT molecular complexity index is 1380. The quantitative estimate of drug-likeness (QED) is 0.418. The molecular weight excluding hydrogens is 478 g/mol. The second-order valence-corrected chi connectivity index (χ2v) is 9.21. The number of carbonyl (C=O) groups is 1. The summed E-state index contributed by atoms with van der Waals surface area (Å²) in [7, 11) is 1.52. The summed E-state index contributed by atoms with van der Waals surface area (Å²) < 4.78 is 34.9. The summed E-state index contributed by atoms with van der Waals surface area (Å²) in [5.41, 5.74) is -1.06. The van der Waals surface area contributed by atoms with E-state index < -0.39 is 29.2 Å². The normalized spacial score (nSPS) is 15.7. The number of thiazole rings is 1. The van der Waals surface area contributed by atoms with Gasteiger partial charge in [0.15, 0.2) is 0 Å². The summed E-state index contributed by atoms with van der Waals surface area (Å²) in [4.78, 5) is 28.0. The van der Waals surface area contributed by atoms with Gasteiger partial charge in [0.2, 0.25) is 5.88 Å². The maximum atomic E-state index is 14.8. The largest absolute Gasteiger partial charge is 0.481 e. The van der Waals surface area contributed by atoms with Gasteiger partial charge in [-0.15, -0.1) is 11.3 Å². The molecule has 0 bridgehead atoms. The van der Waals surface area contributed by atoms with Crippen molar-refractivity contribution in [3.8, 4) is 16.5 Å². The third kappa shape index (κ3) is 4.04. The van der Waals surface area contributed by atoms with E-state index in [4.69, 9.17) is 4.74 Å². The predicted octanol–water partition coefficient (Wildman–Crippen LogP) is 3.02. The second-order valence-electron chi connectivity index (χ2n) is 8.13. The van der Waals surface area contributed by atoms with Crippen molar-refractivity contribution in [3.05, 3.63) is 77.0 Å². The van der Waals surface area contributed by atoms with Gasteiger partial charge in [0.05, 0.1) is 31.1 Å². The summed E-state index contributed by atoms with van der Waals surface area (Å²) >= 11 is 1.34. The molecule has 0 unspecified atom stereocenters. The van der Waals surface area contributed by atoms with E-state index in [1.165, 1.54) is 46.7 Å². The smallest absolute Gasteiger partial charge is 0.274 e. The van der Waals surface area contributed by atoms with Gasteiger partial charge in [-0.3, -0.25) is 4.79 Å². The first-order chi connectivity index (χ1) is 16.8. The summed E-state index contributed by atoms with van der Waals surface area (Å²) in [5, 5.41) is 16.4. The van der Waals surface area contributed by atoms with Crippen molar-refractivity contribution >= 4 is 17.2 Å². The number of benzene rings is 1. The lowest BCUT2D eigenvalue weighted by molar-refractivity contribution is -0.0556. The van der Waals surface area contributed by atoms with Crippen LogP contribution in [0.4, 0.5) is 8.78 Å². The van der Waals surface area contributed by atoms with Crippen LogP contribution in [0.25, 0.3) is 10.6 Å². The number of fused-ring (bicyclic) bond motifs is 1. The SMILES string of the molecule is COc1ccc(-c2nc3c(s2)CN([C@H](C)[C@](O)(Cn2cncn2)c2ccc(F)cc2F)C3=O)cn1. The Morgan fingerprint density at radius 3 is 2.74 bits per heavy atom. The van der Waals surface area contributed by atoms with Crippen LogP contribution in [0.5, 0.6) is 5.88 Å². The molecule has 3 aromatic heterocycles. The first-order valence-electron chi connectivity index (χ1n) is 10.6. The predicted molar refractivity (Wildman–Crippen MR) is 122 cm³/mol. The summed E-state index contributed by atoms with van der Waals surface area (Å²) in [6.45, 7) is 1.59. The van der Waals surface area contributed by atoms with Crippen molar-refractivity contribution in [2.24, 2.45) is 0 Å². The Balaban J connectivity index is 1.46. The van der Waals surface area contributed by atoms with Gasteiger partial charge in [0.1, 0.15) is 40.6 Å². The fraction of sp³-hybridized carbons (Fsp3) is 0.261. The third-order valence-corrected chi connectivity index (χ3v) is 7.18. The minimum absolute atomic E-state index is 0.150. The number of rotatable bonds is 7. The van der Waals surface area contributed by atoms with Crippen LogP contribution in [0.3, 0.4) is 0 Å². The van der Waals surface area contributed by atoms with Gasteiger partial charge in [-0.1, -0.05) is 6.07 Å². The maximum Gasteiger partial charge on any atom is 0.274 e. The van der Waals surface area contributed by atoms with Crippen LogP contribution in [0.15, 0.2) is 49.2 Å². The van der Waals surface area contributed by atoms with Crippen molar-refractivity contribution in [1.82, 2.24) is 29.6 Å². The number of aliphatic hydroxyl groups is 1. The lowest BCUT2D eigenvalue weighted by Gasteiger charge is -2.39. The molecule has 4 aromatic rings. The number of methoxy groups -OCH3 is 1. The molecule has 9 nitrogen and oxygen atoms in total. The van der Waals surface area contributed by atoms with Crippen molar-refractivity contribution < 1.29 is 23.4 Å². The topological polar surface area (TPSA) is 106 Å².